The molecule has 2 N–H and O–H groups in total. The van der Waals surface area contributed by atoms with Gasteiger partial charge in [-0.25, -0.2) is 0 Å². The average Bonchev–Trinajstić information content (AvgIpc) is 1.85. The van der Waals surface area contributed by atoms with Crippen LogP contribution in [0, 0.1) is 5.92 Å². The third-order valence-corrected chi connectivity index (χ3v) is 2.18. The van der Waals surface area contributed by atoms with Crippen molar-refractivity contribution in [2.24, 2.45) is 5.92 Å². The largest absolute Gasteiger partial charge is 0.480 e. The van der Waals surface area contributed by atoms with Crippen LogP contribution in [0.3, 0.4) is 0 Å². The number of piperidine rings is 1. The standard InChI is InChI=1S/C8H15NO2/c1-5-3-6(2)9-7(4-5)8(10)11/h5-7,9H,3-4H2,1-2H3,(H,10,11)/t5-,6-,7+/m1/s1. The molecule has 1 fully saturated rings. The summed E-state index contributed by atoms with van der Waals surface area (Å²) in [6.45, 7) is 4.14. The average molecular weight is 157 g/mol. The lowest BCUT2D eigenvalue weighted by atomic mass is 9.90. The first-order valence-electron chi connectivity index (χ1n) is 4.08. The van der Waals surface area contributed by atoms with E-state index in [2.05, 4.69) is 12.2 Å². The van der Waals surface area contributed by atoms with E-state index >= 15 is 0 Å². The van der Waals surface area contributed by atoms with Crippen LogP contribution in [-0.2, 0) is 4.79 Å². The second kappa shape index (κ2) is 3.22. The van der Waals surface area contributed by atoms with Crippen molar-refractivity contribution in [3.8, 4) is 0 Å². The van der Waals surface area contributed by atoms with Crippen LogP contribution in [-0.4, -0.2) is 23.2 Å². The molecule has 0 aromatic rings. The predicted octanol–water partition coefficient (Wildman–Crippen LogP) is 0.848. The zero-order valence-corrected chi connectivity index (χ0v) is 7.00. The van der Waals surface area contributed by atoms with Crippen LogP contribution in [0.15, 0.2) is 0 Å². The topological polar surface area (TPSA) is 49.3 Å². The molecular weight excluding hydrogens is 142 g/mol. The summed E-state index contributed by atoms with van der Waals surface area (Å²) in [5.74, 6) is -0.184. The summed E-state index contributed by atoms with van der Waals surface area (Å²) in [6.07, 6.45) is 1.85. The summed E-state index contributed by atoms with van der Waals surface area (Å²) in [5, 5.41) is 11.8. The van der Waals surface area contributed by atoms with E-state index in [0.717, 1.165) is 12.8 Å². The predicted molar refractivity (Wildman–Crippen MR) is 42.4 cm³/mol. The Labute approximate surface area is 66.8 Å². The van der Waals surface area contributed by atoms with Crippen molar-refractivity contribution < 1.29 is 9.90 Å². The number of aliphatic carboxylic acids is 1. The second-order valence-corrected chi connectivity index (χ2v) is 3.54. The van der Waals surface area contributed by atoms with Crippen molar-refractivity contribution in [3.63, 3.8) is 0 Å². The first-order valence-corrected chi connectivity index (χ1v) is 4.08. The van der Waals surface area contributed by atoms with Crippen molar-refractivity contribution in [1.29, 1.82) is 0 Å². The number of hydrogen-bond donors (Lipinski definition) is 2. The fourth-order valence-electron chi connectivity index (χ4n) is 1.75. The minimum absolute atomic E-state index is 0.325. The van der Waals surface area contributed by atoms with Gasteiger partial charge < -0.3 is 10.4 Å². The lowest BCUT2D eigenvalue weighted by molar-refractivity contribution is -0.140. The summed E-state index contributed by atoms with van der Waals surface area (Å²) < 4.78 is 0. The maximum Gasteiger partial charge on any atom is 0.320 e. The molecule has 3 heteroatoms. The van der Waals surface area contributed by atoms with Gasteiger partial charge in [-0.1, -0.05) is 6.92 Å². The van der Waals surface area contributed by atoms with E-state index < -0.39 is 5.97 Å². The van der Waals surface area contributed by atoms with Gasteiger partial charge in [0.1, 0.15) is 6.04 Å². The normalized spacial score (nSPS) is 38.5. The van der Waals surface area contributed by atoms with Gasteiger partial charge in [0.05, 0.1) is 0 Å². The Morgan fingerprint density at radius 2 is 2.09 bits per heavy atom. The fraction of sp³-hybridized carbons (Fsp3) is 0.875. The third-order valence-electron chi connectivity index (χ3n) is 2.18. The highest BCUT2D eigenvalue weighted by Crippen LogP contribution is 2.19. The van der Waals surface area contributed by atoms with Crippen LogP contribution in [0.25, 0.3) is 0 Å². The molecule has 3 atom stereocenters. The maximum absolute atomic E-state index is 10.6. The van der Waals surface area contributed by atoms with Crippen LogP contribution in [0.1, 0.15) is 26.7 Å². The van der Waals surface area contributed by atoms with Gasteiger partial charge in [0.2, 0.25) is 0 Å². The van der Waals surface area contributed by atoms with E-state index in [1.807, 2.05) is 6.92 Å². The Morgan fingerprint density at radius 3 is 2.55 bits per heavy atom. The lowest BCUT2D eigenvalue weighted by Gasteiger charge is -2.30. The van der Waals surface area contributed by atoms with E-state index in [9.17, 15) is 4.79 Å². The molecule has 0 unspecified atom stereocenters. The first kappa shape index (κ1) is 8.53. The zero-order chi connectivity index (χ0) is 8.43. The number of carboxylic acids is 1. The molecule has 1 saturated heterocycles. The molecule has 0 aromatic heterocycles. The first-order chi connectivity index (χ1) is 5.09. The highest BCUT2D eigenvalue weighted by molar-refractivity contribution is 5.73. The van der Waals surface area contributed by atoms with Gasteiger partial charge in [-0.15, -0.1) is 0 Å². The summed E-state index contributed by atoms with van der Waals surface area (Å²) >= 11 is 0. The molecule has 0 spiro atoms. The summed E-state index contributed by atoms with van der Waals surface area (Å²) in [5.41, 5.74) is 0. The van der Waals surface area contributed by atoms with E-state index in [0.29, 0.717) is 12.0 Å². The number of carboxylic acid groups (broad SMARTS) is 1. The third kappa shape index (κ3) is 2.19. The van der Waals surface area contributed by atoms with Crippen LogP contribution >= 0.6 is 0 Å². The molecule has 0 aromatic carbocycles. The monoisotopic (exact) mass is 157 g/mol. The molecule has 1 rings (SSSR count). The van der Waals surface area contributed by atoms with Crippen molar-refractivity contribution in [1.82, 2.24) is 5.32 Å². The molecule has 0 radical (unpaired) electrons. The molecule has 0 saturated carbocycles. The van der Waals surface area contributed by atoms with E-state index in [4.69, 9.17) is 5.11 Å². The summed E-state index contributed by atoms with van der Waals surface area (Å²) in [4.78, 5) is 10.6. The summed E-state index contributed by atoms with van der Waals surface area (Å²) in [7, 11) is 0. The van der Waals surface area contributed by atoms with Gasteiger partial charge in [0, 0.05) is 6.04 Å². The number of nitrogens with one attached hydrogen (secondary N) is 1. The van der Waals surface area contributed by atoms with Crippen LogP contribution in [0.2, 0.25) is 0 Å². The minimum atomic E-state index is -0.719. The molecule has 11 heavy (non-hydrogen) atoms. The zero-order valence-electron chi connectivity index (χ0n) is 7.00. The SMILES string of the molecule is C[C@@H]1C[C@@H](C)N[C@H](C(=O)O)C1. The van der Waals surface area contributed by atoms with E-state index in [-0.39, 0.29) is 6.04 Å². The Kier molecular flexibility index (Phi) is 2.49. The Balaban J connectivity index is 2.49. The molecule has 0 amide bonds. The van der Waals surface area contributed by atoms with Crippen molar-refractivity contribution in [2.75, 3.05) is 0 Å². The van der Waals surface area contributed by atoms with E-state index in [1.165, 1.54) is 0 Å². The van der Waals surface area contributed by atoms with Crippen molar-refractivity contribution >= 4 is 5.97 Å². The molecular formula is C8H15NO2. The van der Waals surface area contributed by atoms with Gasteiger partial charge in [-0.2, -0.15) is 0 Å². The van der Waals surface area contributed by atoms with Gasteiger partial charge >= 0.3 is 5.97 Å². The van der Waals surface area contributed by atoms with E-state index in [1.54, 1.807) is 0 Å². The van der Waals surface area contributed by atoms with Gasteiger partial charge in [0.15, 0.2) is 0 Å². The second-order valence-electron chi connectivity index (χ2n) is 3.54. The molecule has 3 nitrogen and oxygen atoms in total. The highest BCUT2D eigenvalue weighted by Gasteiger charge is 2.27. The van der Waals surface area contributed by atoms with Gasteiger partial charge in [-0.05, 0) is 25.7 Å². The Bertz CT molecular complexity index is 148. The Hall–Kier alpha value is -0.570. The number of hydrogen-bond acceptors (Lipinski definition) is 2. The molecule has 0 aliphatic carbocycles. The molecule has 1 heterocycles. The molecule has 0 bridgehead atoms. The quantitative estimate of drug-likeness (QED) is 0.593. The minimum Gasteiger partial charge on any atom is -0.480 e. The number of carbonyl (C=O) groups is 1. The van der Waals surface area contributed by atoms with Crippen molar-refractivity contribution in [3.05, 3.63) is 0 Å². The van der Waals surface area contributed by atoms with Crippen LogP contribution < -0.4 is 5.32 Å². The fourth-order valence-corrected chi connectivity index (χ4v) is 1.75. The smallest absolute Gasteiger partial charge is 0.320 e. The molecule has 1 aliphatic heterocycles. The van der Waals surface area contributed by atoms with Crippen LogP contribution in [0.5, 0.6) is 0 Å². The highest BCUT2D eigenvalue weighted by atomic mass is 16.4. The molecule has 1 aliphatic rings. The molecule has 64 valence electrons. The van der Waals surface area contributed by atoms with Crippen LogP contribution in [0.4, 0.5) is 0 Å². The Morgan fingerprint density at radius 1 is 1.45 bits per heavy atom. The van der Waals surface area contributed by atoms with Gasteiger partial charge in [-0.3, -0.25) is 4.79 Å². The number of rotatable bonds is 1. The van der Waals surface area contributed by atoms with Gasteiger partial charge in [0.25, 0.3) is 0 Å². The lowest BCUT2D eigenvalue weighted by Crippen LogP contribution is -2.47. The maximum atomic E-state index is 10.6. The summed E-state index contributed by atoms with van der Waals surface area (Å²) in [6, 6.07) is 0.0219. The van der Waals surface area contributed by atoms with Crippen molar-refractivity contribution in [2.45, 2.75) is 38.8 Å².